The first kappa shape index (κ1) is 18.5. The van der Waals surface area contributed by atoms with Gasteiger partial charge < -0.3 is 5.73 Å². The molecule has 2 aromatic rings. The number of rotatable bonds is 2. The third-order valence-corrected chi connectivity index (χ3v) is 4.57. The van der Waals surface area contributed by atoms with E-state index < -0.39 is 0 Å². The van der Waals surface area contributed by atoms with Crippen molar-refractivity contribution in [2.24, 2.45) is 5.10 Å². The Bertz CT molecular complexity index is 922. The number of amidine groups is 1. The van der Waals surface area contributed by atoms with E-state index in [4.69, 9.17) is 40.5 Å². The summed E-state index contributed by atoms with van der Waals surface area (Å²) in [7, 11) is 1.53. The van der Waals surface area contributed by atoms with Crippen molar-refractivity contribution >= 4 is 63.8 Å². The maximum absolute atomic E-state index is 12.6. The molecule has 134 valence electrons. The summed E-state index contributed by atoms with van der Waals surface area (Å²) in [6, 6.07) is 9.48. The number of nitrogens with zero attached hydrogens (tertiary/aromatic N) is 3. The molecule has 0 aliphatic carbocycles. The van der Waals surface area contributed by atoms with Crippen LogP contribution in [0.1, 0.15) is 16.8 Å². The minimum absolute atomic E-state index is 0.0696. The van der Waals surface area contributed by atoms with Gasteiger partial charge in [-0.1, -0.05) is 40.9 Å². The summed E-state index contributed by atoms with van der Waals surface area (Å²) < 4.78 is 0. The standard InChI is InChI=1S/C17H13Cl3N4O2/c1-23(17(26)9-3-2-4-11(21)5-9)14-8-15(25)24(22-14)16-12(19)6-10(18)7-13(16)20/h2-7H,8,21H2,1H3. The lowest BCUT2D eigenvalue weighted by atomic mass is 10.1. The van der Waals surface area contributed by atoms with Crippen LogP contribution in [0, 0.1) is 0 Å². The molecule has 1 heterocycles. The first-order valence-electron chi connectivity index (χ1n) is 7.46. The van der Waals surface area contributed by atoms with Gasteiger partial charge in [0.15, 0.2) is 0 Å². The minimum Gasteiger partial charge on any atom is -0.399 e. The summed E-state index contributed by atoms with van der Waals surface area (Å²) in [5.74, 6) is -0.429. The number of nitrogens with two attached hydrogens (primary N) is 1. The molecule has 3 rings (SSSR count). The number of benzene rings is 2. The molecule has 0 saturated heterocycles. The van der Waals surface area contributed by atoms with Crippen molar-refractivity contribution in [3.05, 3.63) is 57.0 Å². The van der Waals surface area contributed by atoms with Crippen LogP contribution in [0.15, 0.2) is 41.5 Å². The number of carbonyl (C=O) groups excluding carboxylic acids is 2. The summed E-state index contributed by atoms with van der Waals surface area (Å²) >= 11 is 18.2. The number of hydrogen-bond donors (Lipinski definition) is 1. The molecule has 9 heteroatoms. The molecule has 0 aromatic heterocycles. The summed E-state index contributed by atoms with van der Waals surface area (Å²) in [4.78, 5) is 26.3. The SMILES string of the molecule is CN(C(=O)c1cccc(N)c1)C1=NN(c2c(Cl)cc(Cl)cc2Cl)C(=O)C1. The van der Waals surface area contributed by atoms with Crippen molar-refractivity contribution in [1.29, 1.82) is 0 Å². The fourth-order valence-corrected chi connectivity index (χ4v) is 3.47. The third kappa shape index (κ3) is 3.49. The van der Waals surface area contributed by atoms with E-state index in [1.807, 2.05) is 0 Å². The normalized spacial score (nSPS) is 13.8. The molecule has 26 heavy (non-hydrogen) atoms. The molecule has 1 aliphatic heterocycles. The number of hydrazone groups is 1. The lowest BCUT2D eigenvalue weighted by molar-refractivity contribution is -0.116. The van der Waals surface area contributed by atoms with E-state index in [0.717, 1.165) is 5.01 Å². The number of hydrogen-bond acceptors (Lipinski definition) is 4. The average molecular weight is 412 g/mol. The summed E-state index contributed by atoms with van der Waals surface area (Å²) in [5, 5.41) is 6.02. The van der Waals surface area contributed by atoms with Gasteiger partial charge in [-0.15, -0.1) is 0 Å². The van der Waals surface area contributed by atoms with E-state index in [0.29, 0.717) is 16.3 Å². The number of carbonyl (C=O) groups is 2. The first-order valence-corrected chi connectivity index (χ1v) is 8.60. The van der Waals surface area contributed by atoms with Gasteiger partial charge in [-0.05, 0) is 30.3 Å². The number of nitrogen functional groups attached to an aromatic ring is 1. The van der Waals surface area contributed by atoms with Crippen LogP contribution in [0.3, 0.4) is 0 Å². The van der Waals surface area contributed by atoms with E-state index in [2.05, 4.69) is 5.10 Å². The molecule has 0 bridgehead atoms. The molecular weight excluding hydrogens is 399 g/mol. The second-order valence-electron chi connectivity index (χ2n) is 5.61. The van der Waals surface area contributed by atoms with Crippen LogP contribution in [0.25, 0.3) is 0 Å². The Labute approximate surface area is 164 Å². The molecule has 2 N–H and O–H groups in total. The van der Waals surface area contributed by atoms with Crippen molar-refractivity contribution in [2.75, 3.05) is 17.8 Å². The monoisotopic (exact) mass is 410 g/mol. The van der Waals surface area contributed by atoms with Gasteiger partial charge in [0, 0.05) is 23.3 Å². The molecule has 1 aliphatic rings. The molecule has 0 spiro atoms. The Morgan fingerprint density at radius 2 is 1.85 bits per heavy atom. The zero-order valence-corrected chi connectivity index (χ0v) is 15.8. The van der Waals surface area contributed by atoms with Gasteiger partial charge in [-0.2, -0.15) is 10.1 Å². The number of anilines is 2. The second kappa shape index (κ2) is 7.15. The van der Waals surface area contributed by atoms with Crippen molar-refractivity contribution in [3.8, 4) is 0 Å². The van der Waals surface area contributed by atoms with E-state index in [1.165, 1.54) is 24.1 Å². The van der Waals surface area contributed by atoms with Gasteiger partial charge >= 0.3 is 0 Å². The molecule has 2 aromatic carbocycles. The molecule has 0 fully saturated rings. The van der Waals surface area contributed by atoms with Crippen LogP contribution in [0.4, 0.5) is 11.4 Å². The van der Waals surface area contributed by atoms with Crippen LogP contribution in [-0.2, 0) is 4.79 Å². The van der Waals surface area contributed by atoms with Gasteiger partial charge in [0.1, 0.15) is 11.5 Å². The predicted molar refractivity (Wildman–Crippen MR) is 104 cm³/mol. The van der Waals surface area contributed by atoms with Gasteiger partial charge in [-0.3, -0.25) is 14.5 Å². The van der Waals surface area contributed by atoms with E-state index in [1.54, 1.807) is 24.3 Å². The molecule has 0 atom stereocenters. The van der Waals surface area contributed by atoms with E-state index >= 15 is 0 Å². The third-order valence-electron chi connectivity index (χ3n) is 3.78. The second-order valence-corrected chi connectivity index (χ2v) is 6.86. The first-order chi connectivity index (χ1) is 12.3. The highest BCUT2D eigenvalue weighted by Gasteiger charge is 2.32. The zero-order valence-electron chi connectivity index (χ0n) is 13.5. The van der Waals surface area contributed by atoms with Crippen molar-refractivity contribution in [2.45, 2.75) is 6.42 Å². The van der Waals surface area contributed by atoms with Crippen molar-refractivity contribution < 1.29 is 9.59 Å². The Hall–Kier alpha value is -2.28. The highest BCUT2D eigenvalue weighted by molar-refractivity contribution is 6.42. The van der Waals surface area contributed by atoms with Gasteiger partial charge in [-0.25, -0.2) is 0 Å². The van der Waals surface area contributed by atoms with Gasteiger partial charge in [0.05, 0.1) is 16.5 Å². The van der Waals surface area contributed by atoms with E-state index in [-0.39, 0.29) is 39.8 Å². The highest BCUT2D eigenvalue weighted by Crippen LogP contribution is 2.38. The van der Waals surface area contributed by atoms with Crippen LogP contribution in [-0.4, -0.2) is 29.6 Å². The maximum atomic E-state index is 12.6. The van der Waals surface area contributed by atoms with Crippen LogP contribution >= 0.6 is 34.8 Å². The summed E-state index contributed by atoms with van der Waals surface area (Å²) in [5.41, 5.74) is 6.80. The molecule has 2 amide bonds. The van der Waals surface area contributed by atoms with Crippen LogP contribution in [0.5, 0.6) is 0 Å². The number of halogens is 3. The molecular formula is C17H13Cl3N4O2. The highest BCUT2D eigenvalue weighted by atomic mass is 35.5. The summed E-state index contributed by atoms with van der Waals surface area (Å²) in [6.07, 6.45) is -0.0696. The molecule has 0 radical (unpaired) electrons. The maximum Gasteiger partial charge on any atom is 0.259 e. The lowest BCUT2D eigenvalue weighted by Crippen LogP contribution is -2.32. The Kier molecular flexibility index (Phi) is 5.09. The van der Waals surface area contributed by atoms with Gasteiger partial charge in [0.2, 0.25) is 0 Å². The quantitative estimate of drug-likeness (QED) is 0.757. The average Bonchev–Trinajstić information content (AvgIpc) is 2.94. The molecule has 0 unspecified atom stereocenters. The molecule has 6 nitrogen and oxygen atoms in total. The smallest absolute Gasteiger partial charge is 0.259 e. The topological polar surface area (TPSA) is 79.0 Å². The van der Waals surface area contributed by atoms with E-state index in [9.17, 15) is 9.59 Å². The predicted octanol–water partition coefficient (Wildman–Crippen LogP) is 4.05. The van der Waals surface area contributed by atoms with Crippen molar-refractivity contribution in [3.63, 3.8) is 0 Å². The zero-order chi connectivity index (χ0) is 19.0. The Balaban J connectivity index is 1.92. The molecule has 0 saturated carbocycles. The van der Waals surface area contributed by atoms with Crippen LogP contribution < -0.4 is 10.7 Å². The fourth-order valence-electron chi connectivity index (χ4n) is 2.50. The fraction of sp³-hybridized carbons (Fsp3) is 0.118. The van der Waals surface area contributed by atoms with Crippen LogP contribution in [0.2, 0.25) is 15.1 Å². The Morgan fingerprint density at radius 1 is 1.19 bits per heavy atom. The lowest BCUT2D eigenvalue weighted by Gasteiger charge is -2.17. The minimum atomic E-state index is -0.363. The Morgan fingerprint density at radius 3 is 2.46 bits per heavy atom. The van der Waals surface area contributed by atoms with Gasteiger partial charge in [0.25, 0.3) is 11.8 Å². The largest absolute Gasteiger partial charge is 0.399 e. The van der Waals surface area contributed by atoms with Crippen molar-refractivity contribution in [1.82, 2.24) is 4.90 Å². The number of amides is 2. The summed E-state index contributed by atoms with van der Waals surface area (Å²) in [6.45, 7) is 0.